The van der Waals surface area contributed by atoms with E-state index in [0.29, 0.717) is 29.7 Å². The maximum absolute atomic E-state index is 6.13. The highest BCUT2D eigenvalue weighted by atomic mass is 35.5. The van der Waals surface area contributed by atoms with Gasteiger partial charge in [-0.05, 0) is 30.7 Å². The van der Waals surface area contributed by atoms with Gasteiger partial charge in [0.25, 0.3) is 0 Å². The van der Waals surface area contributed by atoms with Gasteiger partial charge in [0.1, 0.15) is 12.4 Å². The molecule has 0 aliphatic carbocycles. The lowest BCUT2D eigenvalue weighted by atomic mass is 10.2. The largest absolute Gasteiger partial charge is 0.493 e. The van der Waals surface area contributed by atoms with E-state index in [1.807, 2.05) is 31.2 Å². The molecule has 0 bridgehead atoms. The Balaban J connectivity index is 1.84. The van der Waals surface area contributed by atoms with Crippen LogP contribution < -0.4 is 14.2 Å². The predicted molar refractivity (Wildman–Crippen MR) is 94.8 cm³/mol. The molecule has 0 atom stereocenters. The van der Waals surface area contributed by atoms with Gasteiger partial charge in [0.05, 0.1) is 25.5 Å². The number of aryl methyl sites for hydroxylation is 1. The number of methoxy groups -OCH3 is 2. The fourth-order valence-corrected chi connectivity index (χ4v) is 2.37. The number of hydrogen-bond donors (Lipinski definition) is 0. The maximum Gasteiger partial charge on any atom is 0.179 e. The van der Waals surface area contributed by atoms with Crippen molar-refractivity contribution in [3.05, 3.63) is 52.5 Å². The van der Waals surface area contributed by atoms with Crippen LogP contribution in [0.5, 0.6) is 17.2 Å². The Morgan fingerprint density at radius 3 is 2.54 bits per heavy atom. The summed E-state index contributed by atoms with van der Waals surface area (Å²) in [5.41, 5.74) is 1.83. The minimum Gasteiger partial charge on any atom is -0.493 e. The maximum atomic E-state index is 6.13. The SMILES string of the molecule is COc1cc(/C=N\OCCOc2ccccc2C)cc(Cl)c1OC. The lowest BCUT2D eigenvalue weighted by Gasteiger charge is -2.10. The number of nitrogens with zero attached hydrogens (tertiary/aromatic N) is 1. The first-order valence-corrected chi connectivity index (χ1v) is 7.78. The molecule has 0 saturated carbocycles. The second-order valence-corrected chi connectivity index (χ2v) is 5.33. The van der Waals surface area contributed by atoms with Crippen molar-refractivity contribution in [2.24, 2.45) is 5.16 Å². The molecule has 2 aromatic rings. The fourth-order valence-electron chi connectivity index (χ4n) is 2.07. The average Bonchev–Trinajstić information content (AvgIpc) is 2.58. The highest BCUT2D eigenvalue weighted by molar-refractivity contribution is 6.32. The van der Waals surface area contributed by atoms with Crippen LogP contribution in [0.1, 0.15) is 11.1 Å². The summed E-state index contributed by atoms with van der Waals surface area (Å²) in [4.78, 5) is 5.20. The van der Waals surface area contributed by atoms with Gasteiger partial charge in [-0.1, -0.05) is 35.0 Å². The second-order valence-electron chi connectivity index (χ2n) is 4.92. The molecule has 5 nitrogen and oxygen atoms in total. The summed E-state index contributed by atoms with van der Waals surface area (Å²) in [5.74, 6) is 1.87. The Morgan fingerprint density at radius 1 is 1.04 bits per heavy atom. The van der Waals surface area contributed by atoms with Crippen molar-refractivity contribution in [3.8, 4) is 17.2 Å². The van der Waals surface area contributed by atoms with Crippen LogP contribution in [0.4, 0.5) is 0 Å². The van der Waals surface area contributed by atoms with Crippen LogP contribution in [0.2, 0.25) is 5.02 Å². The summed E-state index contributed by atoms with van der Waals surface area (Å²) in [6.45, 7) is 2.75. The van der Waals surface area contributed by atoms with E-state index in [-0.39, 0.29) is 0 Å². The predicted octanol–water partition coefficient (Wildman–Crippen LogP) is 4.10. The highest BCUT2D eigenvalue weighted by Crippen LogP contribution is 2.35. The highest BCUT2D eigenvalue weighted by Gasteiger charge is 2.09. The third kappa shape index (κ3) is 4.80. The van der Waals surface area contributed by atoms with Gasteiger partial charge in [0, 0.05) is 5.56 Å². The summed E-state index contributed by atoms with van der Waals surface area (Å²) in [6, 6.07) is 11.3. The lowest BCUT2D eigenvalue weighted by Crippen LogP contribution is -2.05. The molecular weight excluding hydrogens is 330 g/mol. The molecule has 0 aliphatic rings. The quantitative estimate of drug-likeness (QED) is 0.409. The number of benzene rings is 2. The van der Waals surface area contributed by atoms with E-state index in [9.17, 15) is 0 Å². The molecule has 0 unspecified atom stereocenters. The summed E-state index contributed by atoms with van der Waals surface area (Å²) in [6.07, 6.45) is 1.56. The molecule has 0 spiro atoms. The van der Waals surface area contributed by atoms with Crippen molar-refractivity contribution in [3.63, 3.8) is 0 Å². The third-order valence-corrected chi connectivity index (χ3v) is 3.54. The monoisotopic (exact) mass is 349 g/mol. The molecule has 0 amide bonds. The van der Waals surface area contributed by atoms with Crippen LogP contribution in [0, 0.1) is 6.92 Å². The zero-order valence-electron chi connectivity index (χ0n) is 13.9. The van der Waals surface area contributed by atoms with E-state index in [1.165, 1.54) is 7.11 Å². The molecule has 2 rings (SSSR count). The third-order valence-electron chi connectivity index (χ3n) is 3.26. The minimum atomic E-state index is 0.339. The van der Waals surface area contributed by atoms with Crippen molar-refractivity contribution in [2.75, 3.05) is 27.4 Å². The molecule has 0 N–H and O–H groups in total. The van der Waals surface area contributed by atoms with E-state index >= 15 is 0 Å². The first-order valence-electron chi connectivity index (χ1n) is 7.41. The molecule has 128 valence electrons. The zero-order chi connectivity index (χ0) is 17.4. The zero-order valence-corrected chi connectivity index (χ0v) is 14.7. The second kappa shape index (κ2) is 9.03. The van der Waals surface area contributed by atoms with Crippen molar-refractivity contribution in [2.45, 2.75) is 6.92 Å². The van der Waals surface area contributed by atoms with Crippen LogP contribution in [0.15, 0.2) is 41.6 Å². The smallest absolute Gasteiger partial charge is 0.179 e. The lowest BCUT2D eigenvalue weighted by molar-refractivity contribution is 0.108. The van der Waals surface area contributed by atoms with Gasteiger partial charge < -0.3 is 19.0 Å². The van der Waals surface area contributed by atoms with Gasteiger partial charge in [-0.2, -0.15) is 0 Å². The van der Waals surface area contributed by atoms with Gasteiger partial charge in [-0.15, -0.1) is 0 Å². The molecule has 2 aromatic carbocycles. The summed E-state index contributed by atoms with van der Waals surface area (Å²) < 4.78 is 16.0. The Kier molecular flexibility index (Phi) is 6.75. The van der Waals surface area contributed by atoms with Gasteiger partial charge in [-0.3, -0.25) is 0 Å². The Hall–Kier alpha value is -2.40. The van der Waals surface area contributed by atoms with E-state index in [1.54, 1.807) is 25.5 Å². The summed E-state index contributed by atoms with van der Waals surface area (Å²) >= 11 is 6.13. The first kappa shape index (κ1) is 17.9. The standard InChI is InChI=1S/C18H20ClNO4/c1-13-6-4-5-7-16(13)23-8-9-24-20-12-14-10-15(19)18(22-3)17(11-14)21-2/h4-7,10-12H,8-9H2,1-3H3/b20-12-. The molecular formula is C18H20ClNO4. The van der Waals surface area contributed by atoms with Crippen LogP contribution in [0.3, 0.4) is 0 Å². The van der Waals surface area contributed by atoms with Crippen LogP contribution in [-0.2, 0) is 4.84 Å². The van der Waals surface area contributed by atoms with Crippen LogP contribution >= 0.6 is 11.6 Å². The van der Waals surface area contributed by atoms with Gasteiger partial charge in [-0.25, -0.2) is 0 Å². The van der Waals surface area contributed by atoms with E-state index < -0.39 is 0 Å². The molecule has 0 fully saturated rings. The molecule has 0 aliphatic heterocycles. The number of oxime groups is 1. The molecule has 0 saturated heterocycles. The van der Waals surface area contributed by atoms with Gasteiger partial charge in [0.2, 0.25) is 0 Å². The molecule has 0 aromatic heterocycles. The number of para-hydroxylation sites is 1. The Labute approximate surface area is 146 Å². The van der Waals surface area contributed by atoms with Crippen molar-refractivity contribution < 1.29 is 19.0 Å². The number of hydrogen-bond acceptors (Lipinski definition) is 5. The van der Waals surface area contributed by atoms with Crippen molar-refractivity contribution in [1.29, 1.82) is 0 Å². The van der Waals surface area contributed by atoms with Crippen molar-refractivity contribution >= 4 is 17.8 Å². The van der Waals surface area contributed by atoms with E-state index in [0.717, 1.165) is 16.9 Å². The topological polar surface area (TPSA) is 49.3 Å². The van der Waals surface area contributed by atoms with Crippen molar-refractivity contribution in [1.82, 2.24) is 0 Å². The molecule has 0 radical (unpaired) electrons. The number of ether oxygens (including phenoxy) is 3. The van der Waals surface area contributed by atoms with E-state index in [4.69, 9.17) is 30.6 Å². The Morgan fingerprint density at radius 2 is 1.83 bits per heavy atom. The fraction of sp³-hybridized carbons (Fsp3) is 0.278. The van der Waals surface area contributed by atoms with Gasteiger partial charge >= 0.3 is 0 Å². The normalized spacial score (nSPS) is 10.7. The summed E-state index contributed by atoms with van der Waals surface area (Å²) in [7, 11) is 3.09. The molecule has 24 heavy (non-hydrogen) atoms. The van der Waals surface area contributed by atoms with Crippen LogP contribution in [0.25, 0.3) is 0 Å². The number of halogens is 1. The summed E-state index contributed by atoms with van der Waals surface area (Å²) in [5, 5.41) is 4.35. The van der Waals surface area contributed by atoms with Gasteiger partial charge in [0.15, 0.2) is 18.1 Å². The average molecular weight is 350 g/mol. The van der Waals surface area contributed by atoms with E-state index in [2.05, 4.69) is 5.16 Å². The van der Waals surface area contributed by atoms with Crippen LogP contribution in [-0.4, -0.2) is 33.6 Å². The first-order chi connectivity index (χ1) is 11.7. The molecule has 6 heteroatoms. The minimum absolute atomic E-state index is 0.339. The molecule has 0 heterocycles. The Bertz CT molecular complexity index is 703. The number of rotatable bonds is 8.